The number of hydrogen-bond acceptors (Lipinski definition) is 4. The number of hydrogen-bond donors (Lipinski definition) is 1. The Balaban J connectivity index is 1.45. The Labute approximate surface area is 152 Å². The molecule has 1 unspecified atom stereocenters. The van der Waals surface area contributed by atoms with Gasteiger partial charge in [-0.1, -0.05) is 30.3 Å². The molecule has 3 rings (SSSR count). The van der Waals surface area contributed by atoms with Gasteiger partial charge in [-0.25, -0.2) is 9.78 Å². The Hall–Kier alpha value is -2.73. The number of benzene rings is 1. The molecule has 1 N–H and O–H groups in total. The Morgan fingerprint density at radius 1 is 1.23 bits per heavy atom. The van der Waals surface area contributed by atoms with E-state index >= 15 is 0 Å². The van der Waals surface area contributed by atoms with Crippen LogP contribution in [-0.4, -0.2) is 52.7 Å². The molecule has 1 saturated heterocycles. The van der Waals surface area contributed by atoms with Gasteiger partial charge in [-0.3, -0.25) is 4.79 Å². The molecule has 136 valence electrons. The molecule has 0 aliphatic carbocycles. The molecular weight excluding hydrogens is 332 g/mol. The number of amides is 1. The number of aryl methyl sites for hydroxylation is 1. The van der Waals surface area contributed by atoms with Gasteiger partial charge in [-0.2, -0.15) is 0 Å². The van der Waals surface area contributed by atoms with Crippen molar-refractivity contribution >= 4 is 11.9 Å². The number of aromatic carboxylic acids is 1. The van der Waals surface area contributed by atoms with Crippen molar-refractivity contribution in [2.75, 3.05) is 19.7 Å². The molecule has 2 heterocycles. The van der Waals surface area contributed by atoms with E-state index in [0.717, 1.165) is 19.3 Å². The Bertz CT molecular complexity index is 763. The fraction of sp³-hybridized carbons (Fsp3) is 0.350. The lowest BCUT2D eigenvalue weighted by atomic mass is 10.1. The molecule has 0 radical (unpaired) electrons. The fourth-order valence-corrected chi connectivity index (χ4v) is 3.08. The van der Waals surface area contributed by atoms with Gasteiger partial charge in [0, 0.05) is 31.5 Å². The van der Waals surface area contributed by atoms with E-state index in [1.54, 1.807) is 11.0 Å². The summed E-state index contributed by atoms with van der Waals surface area (Å²) in [5.41, 5.74) is 1.53. The summed E-state index contributed by atoms with van der Waals surface area (Å²) in [4.78, 5) is 29.0. The van der Waals surface area contributed by atoms with E-state index in [2.05, 4.69) is 17.1 Å². The Morgan fingerprint density at radius 2 is 2.04 bits per heavy atom. The van der Waals surface area contributed by atoms with E-state index in [4.69, 9.17) is 9.84 Å². The number of nitrogens with zero attached hydrogens (tertiary/aromatic N) is 2. The molecule has 6 heteroatoms. The van der Waals surface area contributed by atoms with Crippen LogP contribution in [0.15, 0.2) is 48.7 Å². The summed E-state index contributed by atoms with van der Waals surface area (Å²) < 4.78 is 5.90. The molecule has 1 aromatic heterocycles. The van der Waals surface area contributed by atoms with Crippen LogP contribution >= 0.6 is 0 Å². The molecular formula is C20H22N2O4. The molecule has 1 amide bonds. The highest BCUT2D eigenvalue weighted by molar-refractivity contribution is 5.96. The number of carbonyl (C=O) groups is 2. The molecule has 6 nitrogen and oxygen atoms in total. The van der Waals surface area contributed by atoms with Gasteiger partial charge in [-0.05, 0) is 37.0 Å². The van der Waals surface area contributed by atoms with Crippen molar-refractivity contribution in [2.24, 2.45) is 0 Å². The molecule has 1 aliphatic rings. The van der Waals surface area contributed by atoms with Gasteiger partial charge in [0.2, 0.25) is 0 Å². The SMILES string of the molecule is O=C(O)c1cc(C(=O)N2CCC(OCCCc3ccccc3)C2)ccn1. The molecule has 1 fully saturated rings. The first-order valence-electron chi connectivity index (χ1n) is 8.77. The van der Waals surface area contributed by atoms with E-state index in [9.17, 15) is 9.59 Å². The van der Waals surface area contributed by atoms with Gasteiger partial charge in [0.25, 0.3) is 5.91 Å². The minimum absolute atomic E-state index is 0.0375. The summed E-state index contributed by atoms with van der Waals surface area (Å²) >= 11 is 0. The molecule has 0 saturated carbocycles. The number of ether oxygens (including phenoxy) is 1. The van der Waals surface area contributed by atoms with E-state index in [1.165, 1.54) is 17.8 Å². The van der Waals surface area contributed by atoms with Crippen molar-refractivity contribution in [3.8, 4) is 0 Å². The fourth-order valence-electron chi connectivity index (χ4n) is 3.08. The summed E-state index contributed by atoms with van der Waals surface area (Å²) in [7, 11) is 0. The van der Waals surface area contributed by atoms with E-state index in [0.29, 0.717) is 25.3 Å². The van der Waals surface area contributed by atoms with Gasteiger partial charge < -0.3 is 14.7 Å². The highest BCUT2D eigenvalue weighted by Crippen LogP contribution is 2.17. The van der Waals surface area contributed by atoms with Gasteiger partial charge in [-0.15, -0.1) is 0 Å². The zero-order chi connectivity index (χ0) is 18.4. The first-order chi connectivity index (χ1) is 12.6. The second-order valence-electron chi connectivity index (χ2n) is 6.36. The van der Waals surface area contributed by atoms with Crippen molar-refractivity contribution in [3.63, 3.8) is 0 Å². The first-order valence-corrected chi connectivity index (χ1v) is 8.77. The lowest BCUT2D eigenvalue weighted by Gasteiger charge is -2.17. The second-order valence-corrected chi connectivity index (χ2v) is 6.36. The summed E-state index contributed by atoms with van der Waals surface area (Å²) in [6.07, 6.45) is 4.11. The van der Waals surface area contributed by atoms with Gasteiger partial charge >= 0.3 is 5.97 Å². The van der Waals surface area contributed by atoms with Crippen molar-refractivity contribution in [3.05, 3.63) is 65.5 Å². The molecule has 1 aromatic carbocycles. The number of carbonyl (C=O) groups excluding carboxylic acids is 1. The zero-order valence-electron chi connectivity index (χ0n) is 14.5. The average molecular weight is 354 g/mol. The van der Waals surface area contributed by atoms with Crippen LogP contribution in [0.1, 0.15) is 39.3 Å². The van der Waals surface area contributed by atoms with Crippen LogP contribution in [0, 0.1) is 0 Å². The van der Waals surface area contributed by atoms with Crippen molar-refractivity contribution in [1.82, 2.24) is 9.88 Å². The largest absolute Gasteiger partial charge is 0.477 e. The maximum Gasteiger partial charge on any atom is 0.354 e. The maximum atomic E-state index is 12.5. The van der Waals surface area contributed by atoms with Crippen LogP contribution in [0.4, 0.5) is 0 Å². The lowest BCUT2D eigenvalue weighted by molar-refractivity contribution is 0.0524. The number of pyridine rings is 1. The summed E-state index contributed by atoms with van der Waals surface area (Å²) in [6, 6.07) is 13.1. The van der Waals surface area contributed by atoms with Crippen molar-refractivity contribution in [1.29, 1.82) is 0 Å². The molecule has 26 heavy (non-hydrogen) atoms. The van der Waals surface area contributed by atoms with Crippen LogP contribution in [0.2, 0.25) is 0 Å². The van der Waals surface area contributed by atoms with E-state index in [-0.39, 0.29) is 17.7 Å². The maximum absolute atomic E-state index is 12.5. The smallest absolute Gasteiger partial charge is 0.354 e. The minimum Gasteiger partial charge on any atom is -0.477 e. The standard InChI is InChI=1S/C20H22N2O4/c23-19(16-8-10-21-18(13-16)20(24)25)22-11-9-17(14-22)26-12-4-7-15-5-2-1-3-6-15/h1-3,5-6,8,10,13,17H,4,7,9,11-12,14H2,(H,24,25). The Morgan fingerprint density at radius 3 is 2.81 bits per heavy atom. The van der Waals surface area contributed by atoms with Crippen LogP contribution in [0.5, 0.6) is 0 Å². The Kier molecular flexibility index (Phi) is 5.96. The number of aromatic nitrogens is 1. The summed E-state index contributed by atoms with van der Waals surface area (Å²) in [6.45, 7) is 1.82. The lowest BCUT2D eigenvalue weighted by Crippen LogP contribution is -2.30. The molecule has 1 atom stereocenters. The monoisotopic (exact) mass is 354 g/mol. The summed E-state index contributed by atoms with van der Waals surface area (Å²) in [5.74, 6) is -1.31. The third-order valence-electron chi connectivity index (χ3n) is 4.46. The minimum atomic E-state index is -1.14. The number of carboxylic acids is 1. The zero-order valence-corrected chi connectivity index (χ0v) is 14.5. The normalized spacial score (nSPS) is 16.6. The predicted molar refractivity (Wildman–Crippen MR) is 96.2 cm³/mol. The van der Waals surface area contributed by atoms with Crippen LogP contribution in [-0.2, 0) is 11.2 Å². The van der Waals surface area contributed by atoms with Gasteiger partial charge in [0.15, 0.2) is 0 Å². The molecule has 2 aromatic rings. The van der Waals surface area contributed by atoms with Gasteiger partial charge in [0.1, 0.15) is 5.69 Å². The van der Waals surface area contributed by atoms with E-state index in [1.807, 2.05) is 18.2 Å². The topological polar surface area (TPSA) is 79.7 Å². The predicted octanol–water partition coefficient (Wildman–Crippen LogP) is 2.64. The molecule has 1 aliphatic heterocycles. The molecule has 0 spiro atoms. The summed E-state index contributed by atoms with van der Waals surface area (Å²) in [5, 5.41) is 8.99. The van der Waals surface area contributed by atoms with Gasteiger partial charge in [0.05, 0.1) is 6.10 Å². The van der Waals surface area contributed by atoms with Crippen molar-refractivity contribution < 1.29 is 19.4 Å². The highest BCUT2D eigenvalue weighted by Gasteiger charge is 2.27. The highest BCUT2D eigenvalue weighted by atomic mass is 16.5. The van der Waals surface area contributed by atoms with Crippen LogP contribution in [0.3, 0.4) is 0 Å². The number of carboxylic acid groups (broad SMARTS) is 1. The molecule has 0 bridgehead atoms. The van der Waals surface area contributed by atoms with Crippen molar-refractivity contribution in [2.45, 2.75) is 25.4 Å². The van der Waals surface area contributed by atoms with Crippen LogP contribution in [0.25, 0.3) is 0 Å². The third-order valence-corrected chi connectivity index (χ3v) is 4.46. The number of rotatable bonds is 7. The van der Waals surface area contributed by atoms with E-state index < -0.39 is 5.97 Å². The average Bonchev–Trinajstić information content (AvgIpc) is 3.14. The second kappa shape index (κ2) is 8.58. The van der Waals surface area contributed by atoms with Crippen LogP contribution < -0.4 is 0 Å². The quantitative estimate of drug-likeness (QED) is 0.773. The first kappa shape index (κ1) is 18.1. The third kappa shape index (κ3) is 4.67. The number of likely N-dealkylation sites (tertiary alicyclic amines) is 1.